The molecule has 0 radical (unpaired) electrons. The number of rotatable bonds is 3. The van der Waals surface area contributed by atoms with Crippen LogP contribution in [0.15, 0.2) is 60.7 Å². The van der Waals surface area contributed by atoms with E-state index in [9.17, 15) is 14.4 Å². The third-order valence-corrected chi connectivity index (χ3v) is 6.18. The van der Waals surface area contributed by atoms with Gasteiger partial charge in [-0.25, -0.2) is 4.79 Å². The summed E-state index contributed by atoms with van der Waals surface area (Å²) in [6.07, 6.45) is 5.02. The van der Waals surface area contributed by atoms with Crippen LogP contribution in [0, 0.1) is 23.7 Å². The number of esters is 1. The van der Waals surface area contributed by atoms with Gasteiger partial charge in [-0.2, -0.15) is 0 Å². The highest BCUT2D eigenvalue weighted by molar-refractivity contribution is 6.32. The van der Waals surface area contributed by atoms with Gasteiger partial charge in [0, 0.05) is 0 Å². The van der Waals surface area contributed by atoms with Gasteiger partial charge in [0.1, 0.15) is 5.75 Å². The summed E-state index contributed by atoms with van der Waals surface area (Å²) >= 11 is 6.01. The summed E-state index contributed by atoms with van der Waals surface area (Å²) in [6.45, 7) is 0. The molecule has 2 bridgehead atoms. The summed E-state index contributed by atoms with van der Waals surface area (Å²) in [4.78, 5) is 39.3. The Morgan fingerprint density at radius 1 is 0.929 bits per heavy atom. The van der Waals surface area contributed by atoms with Crippen molar-refractivity contribution < 1.29 is 19.1 Å². The lowest BCUT2D eigenvalue weighted by atomic mass is 9.85. The van der Waals surface area contributed by atoms with Crippen molar-refractivity contribution in [3.05, 3.63) is 71.3 Å². The Bertz CT molecular complexity index is 999. The van der Waals surface area contributed by atoms with E-state index in [0.717, 1.165) is 6.42 Å². The molecule has 3 aliphatic rings. The molecule has 2 aliphatic carbocycles. The number of anilines is 1. The van der Waals surface area contributed by atoms with E-state index in [0.29, 0.717) is 16.3 Å². The van der Waals surface area contributed by atoms with E-state index in [4.69, 9.17) is 16.3 Å². The van der Waals surface area contributed by atoms with Crippen molar-refractivity contribution in [1.82, 2.24) is 0 Å². The number of nitrogens with zero attached hydrogens (tertiary/aromatic N) is 1. The molecule has 2 fully saturated rings. The largest absolute Gasteiger partial charge is 0.421 e. The molecular weight excluding hydrogens is 378 g/mol. The minimum Gasteiger partial charge on any atom is -0.421 e. The van der Waals surface area contributed by atoms with E-state index in [2.05, 4.69) is 12.2 Å². The monoisotopic (exact) mass is 393 g/mol. The first-order chi connectivity index (χ1) is 13.5. The molecule has 2 aromatic rings. The van der Waals surface area contributed by atoms with Crippen LogP contribution in [-0.4, -0.2) is 17.8 Å². The van der Waals surface area contributed by atoms with Crippen LogP contribution in [0.25, 0.3) is 0 Å². The number of hydrogen-bond donors (Lipinski definition) is 0. The van der Waals surface area contributed by atoms with Crippen LogP contribution in [0.4, 0.5) is 5.69 Å². The predicted octanol–water partition coefficient (Wildman–Crippen LogP) is 3.87. The minimum atomic E-state index is -0.558. The Morgan fingerprint density at radius 2 is 1.54 bits per heavy atom. The molecule has 140 valence electrons. The Kier molecular flexibility index (Phi) is 3.88. The van der Waals surface area contributed by atoms with Gasteiger partial charge in [-0.15, -0.1) is 0 Å². The summed E-state index contributed by atoms with van der Waals surface area (Å²) in [7, 11) is 0. The van der Waals surface area contributed by atoms with E-state index in [1.165, 1.54) is 4.90 Å². The third-order valence-electron chi connectivity index (χ3n) is 5.87. The first-order valence-electron chi connectivity index (χ1n) is 9.17. The molecule has 1 saturated carbocycles. The number of fused-ring (bicyclic) bond motifs is 5. The molecule has 5 nitrogen and oxygen atoms in total. The zero-order valence-corrected chi connectivity index (χ0v) is 15.5. The highest BCUT2D eigenvalue weighted by atomic mass is 35.5. The fourth-order valence-corrected chi connectivity index (χ4v) is 4.76. The number of benzene rings is 2. The number of allylic oxidation sites excluding steroid dienone is 2. The van der Waals surface area contributed by atoms with Crippen molar-refractivity contribution in [3.8, 4) is 5.75 Å². The first-order valence-corrected chi connectivity index (χ1v) is 9.55. The Labute approximate surface area is 166 Å². The van der Waals surface area contributed by atoms with Crippen molar-refractivity contribution in [2.75, 3.05) is 4.90 Å². The Hall–Kier alpha value is -2.92. The van der Waals surface area contributed by atoms with Gasteiger partial charge in [-0.05, 0) is 54.7 Å². The molecule has 2 aromatic carbocycles. The molecule has 6 heteroatoms. The highest BCUT2D eigenvalue weighted by Gasteiger charge is 2.59. The number of imide groups is 1. The lowest BCUT2D eigenvalue weighted by Gasteiger charge is -2.17. The summed E-state index contributed by atoms with van der Waals surface area (Å²) in [6, 6.07) is 13.0. The van der Waals surface area contributed by atoms with Crippen LogP contribution < -0.4 is 9.64 Å². The molecule has 28 heavy (non-hydrogen) atoms. The number of carbonyl (C=O) groups is 3. The summed E-state index contributed by atoms with van der Waals surface area (Å²) in [5, 5.41) is 0.343. The zero-order chi connectivity index (χ0) is 19.4. The standard InChI is InChI=1S/C22H16ClNO4/c23-16-3-1-2-4-17(16)28-22(27)12-7-9-15(10-8-12)24-20(25)18-13-5-6-14(11-13)19(18)21(24)26/h1-10,13-14,18-19H,11H2/t13-,14-,18-,19-/m0/s1. The Balaban J connectivity index is 1.36. The molecule has 0 unspecified atom stereocenters. The highest BCUT2D eigenvalue weighted by Crippen LogP contribution is 2.53. The SMILES string of the molecule is O=C(Oc1ccccc1Cl)c1ccc(N2C(=O)[C@@H]3[C@@H](C2=O)[C@H]2C=C[C@H]3C2)cc1. The number of hydrogen-bond acceptors (Lipinski definition) is 4. The average molecular weight is 394 g/mol. The van der Waals surface area contributed by atoms with Crippen LogP contribution in [0.5, 0.6) is 5.75 Å². The maximum absolute atomic E-state index is 12.9. The number of ether oxygens (including phenoxy) is 1. The van der Waals surface area contributed by atoms with Crippen molar-refractivity contribution in [2.45, 2.75) is 6.42 Å². The van der Waals surface area contributed by atoms with Crippen molar-refractivity contribution in [2.24, 2.45) is 23.7 Å². The lowest BCUT2D eigenvalue weighted by Crippen LogP contribution is -2.32. The van der Waals surface area contributed by atoms with Gasteiger partial charge in [0.05, 0.1) is 28.1 Å². The van der Waals surface area contributed by atoms with Crippen LogP contribution in [-0.2, 0) is 9.59 Å². The normalized spacial score (nSPS) is 27.4. The van der Waals surface area contributed by atoms with Crippen LogP contribution in [0.3, 0.4) is 0 Å². The second-order valence-electron chi connectivity index (χ2n) is 7.38. The van der Waals surface area contributed by atoms with Gasteiger partial charge in [0.25, 0.3) is 0 Å². The van der Waals surface area contributed by atoms with Crippen LogP contribution in [0.1, 0.15) is 16.8 Å². The molecule has 1 aliphatic heterocycles. The molecule has 0 aromatic heterocycles. The fraction of sp³-hybridized carbons (Fsp3) is 0.227. The van der Waals surface area contributed by atoms with Crippen molar-refractivity contribution in [1.29, 1.82) is 0 Å². The number of halogens is 1. The number of amides is 2. The van der Waals surface area contributed by atoms with Gasteiger partial charge in [0.2, 0.25) is 11.8 Å². The van der Waals surface area contributed by atoms with Gasteiger partial charge in [0.15, 0.2) is 0 Å². The lowest BCUT2D eigenvalue weighted by molar-refractivity contribution is -0.123. The number of carbonyl (C=O) groups excluding carboxylic acids is 3. The molecular formula is C22H16ClNO4. The van der Waals surface area contributed by atoms with E-state index in [1.54, 1.807) is 48.5 Å². The number of para-hydroxylation sites is 1. The Morgan fingerprint density at radius 3 is 2.14 bits per heavy atom. The van der Waals surface area contributed by atoms with E-state index in [-0.39, 0.29) is 41.2 Å². The zero-order valence-electron chi connectivity index (χ0n) is 14.7. The predicted molar refractivity (Wildman–Crippen MR) is 103 cm³/mol. The van der Waals surface area contributed by atoms with E-state index >= 15 is 0 Å². The average Bonchev–Trinajstić information content (AvgIpc) is 3.38. The van der Waals surface area contributed by atoms with Gasteiger partial charge >= 0.3 is 5.97 Å². The van der Waals surface area contributed by atoms with Gasteiger partial charge in [-0.1, -0.05) is 35.9 Å². The van der Waals surface area contributed by atoms with Crippen LogP contribution >= 0.6 is 11.6 Å². The fourth-order valence-electron chi connectivity index (χ4n) is 4.59. The van der Waals surface area contributed by atoms with Gasteiger partial charge in [-0.3, -0.25) is 14.5 Å². The molecule has 0 N–H and O–H groups in total. The smallest absolute Gasteiger partial charge is 0.343 e. The molecule has 5 rings (SSSR count). The molecule has 4 atom stereocenters. The second-order valence-corrected chi connectivity index (χ2v) is 7.79. The summed E-state index contributed by atoms with van der Waals surface area (Å²) in [5.41, 5.74) is 0.794. The van der Waals surface area contributed by atoms with E-state index < -0.39 is 5.97 Å². The maximum atomic E-state index is 12.9. The summed E-state index contributed by atoms with van der Waals surface area (Å²) < 4.78 is 5.31. The van der Waals surface area contributed by atoms with Crippen molar-refractivity contribution in [3.63, 3.8) is 0 Å². The molecule has 2 amide bonds. The minimum absolute atomic E-state index is 0.141. The van der Waals surface area contributed by atoms with E-state index in [1.807, 2.05) is 0 Å². The molecule has 1 heterocycles. The van der Waals surface area contributed by atoms with Crippen molar-refractivity contribution >= 4 is 35.1 Å². The van der Waals surface area contributed by atoms with Gasteiger partial charge < -0.3 is 4.74 Å². The quantitative estimate of drug-likeness (QED) is 0.343. The topological polar surface area (TPSA) is 63.7 Å². The molecule has 1 saturated heterocycles. The second kappa shape index (κ2) is 6.31. The summed E-state index contributed by atoms with van der Waals surface area (Å²) in [5.74, 6) is -0.712. The molecule has 0 spiro atoms. The first kappa shape index (κ1) is 17.2. The van der Waals surface area contributed by atoms with Crippen LogP contribution in [0.2, 0.25) is 5.02 Å². The third kappa shape index (κ3) is 2.50. The maximum Gasteiger partial charge on any atom is 0.343 e.